The molecule has 25 heavy (non-hydrogen) atoms. The fraction of sp³-hybridized carbons (Fsp3) is 0.389. The molecular formula is C18H24N4O3. The van der Waals surface area contributed by atoms with Gasteiger partial charge in [0, 0.05) is 0 Å². The van der Waals surface area contributed by atoms with Crippen molar-refractivity contribution in [1.82, 2.24) is 14.7 Å². The number of carbonyl (C=O) groups is 2. The molecule has 0 aliphatic rings. The number of carbonyl (C=O) groups excluding carboxylic acids is 1. The van der Waals surface area contributed by atoms with E-state index in [2.05, 4.69) is 10.4 Å². The van der Waals surface area contributed by atoms with E-state index in [4.69, 9.17) is 5.11 Å². The molecule has 0 saturated heterocycles. The zero-order valence-corrected chi connectivity index (χ0v) is 14.8. The zero-order valence-electron chi connectivity index (χ0n) is 14.8. The molecule has 1 amide bonds. The van der Waals surface area contributed by atoms with Crippen LogP contribution in [0.25, 0.3) is 5.69 Å². The minimum absolute atomic E-state index is 0.0372. The maximum atomic E-state index is 12.3. The molecule has 0 radical (unpaired) electrons. The largest absolute Gasteiger partial charge is 0.480 e. The standard InChI is InChI=1S/C18H24N4O3/c1-4-10-21(12-17(24)25)11-16(23)19-18-13(2)20-22(14(18)3)15-8-6-5-7-9-15/h5-9H,4,10-12H2,1-3H3,(H,19,23)(H,24,25). The number of anilines is 1. The average Bonchev–Trinajstić information content (AvgIpc) is 2.83. The summed E-state index contributed by atoms with van der Waals surface area (Å²) >= 11 is 0. The first kappa shape index (κ1) is 18.7. The SMILES string of the molecule is CCCN(CC(=O)O)CC(=O)Nc1c(C)nn(-c2ccccc2)c1C. The average molecular weight is 344 g/mol. The molecule has 0 fully saturated rings. The van der Waals surface area contributed by atoms with Gasteiger partial charge in [-0.2, -0.15) is 5.10 Å². The van der Waals surface area contributed by atoms with Crippen LogP contribution in [0.2, 0.25) is 0 Å². The third kappa shape index (κ3) is 4.90. The highest BCUT2D eigenvalue weighted by Gasteiger charge is 2.18. The highest BCUT2D eigenvalue weighted by atomic mass is 16.4. The number of para-hydroxylation sites is 1. The molecule has 2 aromatic rings. The first-order valence-electron chi connectivity index (χ1n) is 8.28. The van der Waals surface area contributed by atoms with Gasteiger partial charge in [0.15, 0.2) is 0 Å². The van der Waals surface area contributed by atoms with Crippen molar-refractivity contribution in [3.8, 4) is 5.69 Å². The highest BCUT2D eigenvalue weighted by molar-refractivity contribution is 5.93. The van der Waals surface area contributed by atoms with Crippen LogP contribution < -0.4 is 5.32 Å². The zero-order chi connectivity index (χ0) is 18.4. The molecule has 2 rings (SSSR count). The van der Waals surface area contributed by atoms with Crippen LogP contribution in [0, 0.1) is 13.8 Å². The van der Waals surface area contributed by atoms with E-state index < -0.39 is 5.97 Å². The molecule has 2 N–H and O–H groups in total. The van der Waals surface area contributed by atoms with Gasteiger partial charge < -0.3 is 10.4 Å². The molecule has 0 aliphatic carbocycles. The van der Waals surface area contributed by atoms with Gasteiger partial charge in [-0.25, -0.2) is 4.68 Å². The van der Waals surface area contributed by atoms with E-state index in [0.717, 1.165) is 23.5 Å². The van der Waals surface area contributed by atoms with E-state index in [9.17, 15) is 9.59 Å². The second-order valence-corrected chi connectivity index (χ2v) is 5.95. The predicted molar refractivity (Wildman–Crippen MR) is 96.0 cm³/mol. The molecule has 1 aromatic heterocycles. The van der Waals surface area contributed by atoms with Crippen LogP contribution in [-0.2, 0) is 9.59 Å². The number of hydrogen-bond acceptors (Lipinski definition) is 4. The van der Waals surface area contributed by atoms with E-state index in [0.29, 0.717) is 12.2 Å². The Morgan fingerprint density at radius 1 is 1.20 bits per heavy atom. The number of aromatic nitrogens is 2. The van der Waals surface area contributed by atoms with Crippen LogP contribution in [0.3, 0.4) is 0 Å². The number of carboxylic acids is 1. The van der Waals surface area contributed by atoms with Crippen molar-refractivity contribution in [2.45, 2.75) is 27.2 Å². The Labute approximate surface area is 147 Å². The molecule has 0 atom stereocenters. The molecule has 0 aliphatic heterocycles. The summed E-state index contributed by atoms with van der Waals surface area (Å²) in [5, 5.41) is 16.3. The number of amides is 1. The van der Waals surface area contributed by atoms with Crippen LogP contribution in [0.15, 0.2) is 30.3 Å². The maximum absolute atomic E-state index is 12.3. The molecule has 7 nitrogen and oxygen atoms in total. The van der Waals surface area contributed by atoms with Gasteiger partial charge >= 0.3 is 5.97 Å². The lowest BCUT2D eigenvalue weighted by atomic mass is 10.3. The van der Waals surface area contributed by atoms with Gasteiger partial charge in [0.2, 0.25) is 5.91 Å². The Balaban J connectivity index is 2.13. The predicted octanol–water partition coefficient (Wildman–Crippen LogP) is 2.22. The van der Waals surface area contributed by atoms with Crippen molar-refractivity contribution in [2.24, 2.45) is 0 Å². The number of nitrogens with one attached hydrogen (secondary N) is 1. The summed E-state index contributed by atoms with van der Waals surface area (Å²) in [6.07, 6.45) is 0.782. The summed E-state index contributed by atoms with van der Waals surface area (Å²) in [5.41, 5.74) is 3.13. The van der Waals surface area contributed by atoms with Gasteiger partial charge in [-0.1, -0.05) is 25.1 Å². The number of nitrogens with zero attached hydrogens (tertiary/aromatic N) is 3. The fourth-order valence-electron chi connectivity index (χ4n) is 2.75. The van der Waals surface area contributed by atoms with Gasteiger partial charge in [-0.05, 0) is 38.9 Å². The van der Waals surface area contributed by atoms with Gasteiger partial charge in [0.05, 0.1) is 35.9 Å². The van der Waals surface area contributed by atoms with Crippen LogP contribution in [-0.4, -0.2) is 51.3 Å². The third-order valence-corrected chi connectivity index (χ3v) is 3.82. The Morgan fingerprint density at radius 2 is 1.88 bits per heavy atom. The second kappa shape index (κ2) is 8.43. The van der Waals surface area contributed by atoms with E-state index >= 15 is 0 Å². The first-order chi connectivity index (χ1) is 11.9. The fourth-order valence-corrected chi connectivity index (χ4v) is 2.75. The number of hydrogen-bond donors (Lipinski definition) is 2. The number of carboxylic acid groups (broad SMARTS) is 1. The molecular weight excluding hydrogens is 320 g/mol. The third-order valence-electron chi connectivity index (χ3n) is 3.82. The van der Waals surface area contributed by atoms with Crippen LogP contribution >= 0.6 is 0 Å². The number of rotatable bonds is 8. The van der Waals surface area contributed by atoms with Crippen LogP contribution in [0.4, 0.5) is 5.69 Å². The molecule has 0 saturated carbocycles. The number of aliphatic carboxylic acids is 1. The van der Waals surface area contributed by atoms with E-state index in [-0.39, 0.29) is 19.0 Å². The monoisotopic (exact) mass is 344 g/mol. The van der Waals surface area contributed by atoms with Gasteiger partial charge in [-0.3, -0.25) is 14.5 Å². The van der Waals surface area contributed by atoms with Crippen molar-refractivity contribution in [2.75, 3.05) is 25.0 Å². The molecule has 1 aromatic carbocycles. The van der Waals surface area contributed by atoms with Crippen molar-refractivity contribution in [3.05, 3.63) is 41.7 Å². The lowest BCUT2D eigenvalue weighted by molar-refractivity contribution is -0.138. The molecule has 7 heteroatoms. The van der Waals surface area contributed by atoms with Crippen molar-refractivity contribution in [1.29, 1.82) is 0 Å². The Morgan fingerprint density at radius 3 is 2.48 bits per heavy atom. The van der Waals surface area contributed by atoms with Gasteiger partial charge in [-0.15, -0.1) is 0 Å². The summed E-state index contributed by atoms with van der Waals surface area (Å²) in [4.78, 5) is 24.9. The Kier molecular flexibility index (Phi) is 6.30. The lowest BCUT2D eigenvalue weighted by Gasteiger charge is -2.18. The summed E-state index contributed by atoms with van der Waals surface area (Å²) in [6.45, 7) is 6.12. The van der Waals surface area contributed by atoms with Crippen molar-refractivity contribution in [3.63, 3.8) is 0 Å². The number of aryl methyl sites for hydroxylation is 1. The second-order valence-electron chi connectivity index (χ2n) is 5.95. The minimum Gasteiger partial charge on any atom is -0.480 e. The highest BCUT2D eigenvalue weighted by Crippen LogP contribution is 2.22. The van der Waals surface area contributed by atoms with E-state index in [1.54, 1.807) is 9.58 Å². The first-order valence-corrected chi connectivity index (χ1v) is 8.28. The van der Waals surface area contributed by atoms with Crippen LogP contribution in [0.1, 0.15) is 24.7 Å². The summed E-state index contributed by atoms with van der Waals surface area (Å²) < 4.78 is 1.78. The quantitative estimate of drug-likeness (QED) is 0.767. The van der Waals surface area contributed by atoms with Gasteiger partial charge in [0.1, 0.15) is 0 Å². The molecule has 1 heterocycles. The molecule has 134 valence electrons. The minimum atomic E-state index is -0.939. The normalized spacial score (nSPS) is 10.9. The van der Waals surface area contributed by atoms with Crippen molar-refractivity contribution >= 4 is 17.6 Å². The molecule has 0 bridgehead atoms. The van der Waals surface area contributed by atoms with E-state index in [1.807, 2.05) is 51.1 Å². The Hall–Kier alpha value is -2.67. The lowest BCUT2D eigenvalue weighted by Crippen LogP contribution is -2.37. The maximum Gasteiger partial charge on any atom is 0.317 e. The molecule has 0 unspecified atom stereocenters. The smallest absolute Gasteiger partial charge is 0.317 e. The molecule has 0 spiro atoms. The topological polar surface area (TPSA) is 87.5 Å². The summed E-state index contributed by atoms with van der Waals surface area (Å²) in [5.74, 6) is -1.18. The Bertz CT molecular complexity index is 740. The van der Waals surface area contributed by atoms with Gasteiger partial charge in [0.25, 0.3) is 0 Å². The number of benzene rings is 1. The van der Waals surface area contributed by atoms with Crippen molar-refractivity contribution < 1.29 is 14.7 Å². The van der Waals surface area contributed by atoms with Crippen LogP contribution in [0.5, 0.6) is 0 Å². The van der Waals surface area contributed by atoms with E-state index in [1.165, 1.54) is 0 Å². The summed E-state index contributed by atoms with van der Waals surface area (Å²) in [7, 11) is 0. The summed E-state index contributed by atoms with van der Waals surface area (Å²) in [6, 6.07) is 9.68.